The minimum absolute atomic E-state index is 0. The Hall–Kier alpha value is -1.97. The number of guanidine groups is 1. The van der Waals surface area contributed by atoms with Gasteiger partial charge in [0.05, 0.1) is 19.0 Å². The normalized spacial score (nSPS) is 14.6. The third-order valence-corrected chi connectivity index (χ3v) is 4.90. The Bertz CT molecular complexity index is 755. The van der Waals surface area contributed by atoms with E-state index in [0.717, 1.165) is 57.3 Å². The number of methoxy groups -OCH3 is 1. The van der Waals surface area contributed by atoms with Crippen molar-refractivity contribution in [3.05, 3.63) is 42.2 Å². The van der Waals surface area contributed by atoms with Crippen LogP contribution in [0, 0.1) is 0 Å². The van der Waals surface area contributed by atoms with Crippen LogP contribution in [0.3, 0.4) is 0 Å². The Balaban J connectivity index is 0.00000280. The zero-order valence-electron chi connectivity index (χ0n) is 17.0. The molecular formula is C20H31IN6O. The van der Waals surface area contributed by atoms with Gasteiger partial charge in [0.25, 0.3) is 0 Å². The average Bonchev–Trinajstić information content (AvgIpc) is 3.13. The lowest BCUT2D eigenvalue weighted by Gasteiger charge is -2.38. The summed E-state index contributed by atoms with van der Waals surface area (Å²) in [6, 6.07) is 8.22. The molecule has 1 aromatic carbocycles. The highest BCUT2D eigenvalue weighted by Gasteiger charge is 2.21. The van der Waals surface area contributed by atoms with E-state index in [1.54, 1.807) is 7.11 Å². The second kappa shape index (κ2) is 11.1. The molecular weight excluding hydrogens is 467 g/mol. The maximum Gasteiger partial charge on any atom is 0.193 e. The van der Waals surface area contributed by atoms with Crippen LogP contribution in [0.2, 0.25) is 0 Å². The molecule has 0 saturated carbocycles. The monoisotopic (exact) mass is 498 g/mol. The fourth-order valence-electron chi connectivity index (χ4n) is 3.48. The van der Waals surface area contributed by atoms with Crippen molar-refractivity contribution in [2.75, 3.05) is 51.8 Å². The molecule has 1 N–H and O–H groups in total. The van der Waals surface area contributed by atoms with Crippen LogP contribution in [-0.2, 0) is 13.5 Å². The number of benzene rings is 1. The van der Waals surface area contributed by atoms with Crippen molar-refractivity contribution in [1.29, 1.82) is 0 Å². The molecule has 8 heteroatoms. The number of halogens is 1. The summed E-state index contributed by atoms with van der Waals surface area (Å²) in [5.74, 6) is 1.92. The van der Waals surface area contributed by atoms with Crippen molar-refractivity contribution in [2.45, 2.75) is 12.8 Å². The number of ether oxygens (including phenoxy) is 1. The first-order chi connectivity index (χ1) is 13.2. The molecule has 1 fully saturated rings. The molecule has 2 heterocycles. The number of anilines is 1. The van der Waals surface area contributed by atoms with Crippen LogP contribution in [0.5, 0.6) is 5.75 Å². The second-order valence-corrected chi connectivity index (χ2v) is 6.75. The van der Waals surface area contributed by atoms with Gasteiger partial charge in [0.15, 0.2) is 5.96 Å². The molecule has 28 heavy (non-hydrogen) atoms. The quantitative estimate of drug-likeness (QED) is 0.287. The highest BCUT2D eigenvalue weighted by Crippen LogP contribution is 2.28. The van der Waals surface area contributed by atoms with Crippen LogP contribution < -0.4 is 15.0 Å². The summed E-state index contributed by atoms with van der Waals surface area (Å²) in [6.45, 7) is 4.71. The molecule has 1 aliphatic rings. The smallest absolute Gasteiger partial charge is 0.193 e. The zero-order chi connectivity index (χ0) is 19.1. The number of aliphatic imine (C=N–C) groups is 1. The van der Waals surface area contributed by atoms with Crippen LogP contribution in [-0.4, -0.2) is 67.5 Å². The first-order valence-electron chi connectivity index (χ1n) is 9.52. The first kappa shape index (κ1) is 22.3. The van der Waals surface area contributed by atoms with E-state index in [9.17, 15) is 0 Å². The van der Waals surface area contributed by atoms with Gasteiger partial charge in [-0.15, -0.1) is 24.0 Å². The summed E-state index contributed by atoms with van der Waals surface area (Å²) >= 11 is 0. The Morgan fingerprint density at radius 3 is 2.61 bits per heavy atom. The largest absolute Gasteiger partial charge is 0.495 e. The first-order valence-corrected chi connectivity index (χ1v) is 9.52. The molecule has 0 spiro atoms. The number of para-hydroxylation sites is 2. The number of aromatic nitrogens is 2. The highest BCUT2D eigenvalue weighted by atomic mass is 127. The number of hydrogen-bond acceptors (Lipinski definition) is 4. The van der Waals surface area contributed by atoms with E-state index in [2.05, 4.69) is 43.5 Å². The van der Waals surface area contributed by atoms with Crippen molar-refractivity contribution >= 4 is 35.6 Å². The second-order valence-electron chi connectivity index (χ2n) is 6.75. The summed E-state index contributed by atoms with van der Waals surface area (Å²) in [5, 5.41) is 7.71. The lowest BCUT2D eigenvalue weighted by Crippen LogP contribution is -2.52. The molecule has 0 unspecified atom stereocenters. The Morgan fingerprint density at radius 2 is 1.96 bits per heavy atom. The lowest BCUT2D eigenvalue weighted by atomic mass is 10.2. The van der Waals surface area contributed by atoms with Gasteiger partial charge in [-0.25, -0.2) is 0 Å². The van der Waals surface area contributed by atoms with Crippen molar-refractivity contribution in [3.8, 4) is 5.75 Å². The molecule has 154 valence electrons. The minimum Gasteiger partial charge on any atom is -0.495 e. The van der Waals surface area contributed by atoms with Crippen molar-refractivity contribution in [1.82, 2.24) is 20.0 Å². The number of hydrogen-bond donors (Lipinski definition) is 1. The average molecular weight is 498 g/mol. The van der Waals surface area contributed by atoms with Gasteiger partial charge in [0, 0.05) is 53.0 Å². The molecule has 0 atom stereocenters. The third kappa shape index (κ3) is 5.76. The van der Waals surface area contributed by atoms with Gasteiger partial charge >= 0.3 is 0 Å². The summed E-state index contributed by atoms with van der Waals surface area (Å²) in [4.78, 5) is 9.17. The van der Waals surface area contributed by atoms with Gasteiger partial charge in [0.2, 0.25) is 0 Å². The molecule has 0 bridgehead atoms. The Morgan fingerprint density at radius 1 is 1.21 bits per heavy atom. The van der Waals surface area contributed by atoms with Crippen molar-refractivity contribution < 1.29 is 4.74 Å². The van der Waals surface area contributed by atoms with Gasteiger partial charge in [0.1, 0.15) is 5.75 Å². The third-order valence-electron chi connectivity index (χ3n) is 4.90. The molecule has 3 rings (SSSR count). The van der Waals surface area contributed by atoms with Crippen LogP contribution >= 0.6 is 24.0 Å². The van der Waals surface area contributed by atoms with Gasteiger partial charge in [-0.2, -0.15) is 5.10 Å². The molecule has 7 nitrogen and oxygen atoms in total. The maximum absolute atomic E-state index is 5.50. The lowest BCUT2D eigenvalue weighted by molar-refractivity contribution is 0.367. The minimum atomic E-state index is 0. The molecule has 1 saturated heterocycles. The Kier molecular flexibility index (Phi) is 8.88. The summed E-state index contributed by atoms with van der Waals surface area (Å²) in [7, 11) is 5.54. The predicted octanol–water partition coefficient (Wildman–Crippen LogP) is 2.38. The summed E-state index contributed by atoms with van der Waals surface area (Å²) in [6.07, 6.45) is 6.10. The highest BCUT2D eigenvalue weighted by molar-refractivity contribution is 14.0. The van der Waals surface area contributed by atoms with Gasteiger partial charge < -0.3 is 19.9 Å². The molecule has 1 aromatic heterocycles. The number of aryl methyl sites for hydroxylation is 2. The van der Waals surface area contributed by atoms with E-state index < -0.39 is 0 Å². The van der Waals surface area contributed by atoms with E-state index in [-0.39, 0.29) is 24.0 Å². The fraction of sp³-hybridized carbons (Fsp3) is 0.500. The molecule has 0 aliphatic carbocycles. The van der Waals surface area contributed by atoms with E-state index in [1.807, 2.05) is 37.1 Å². The number of piperazine rings is 1. The zero-order valence-corrected chi connectivity index (χ0v) is 19.3. The fourth-order valence-corrected chi connectivity index (χ4v) is 3.48. The van der Waals surface area contributed by atoms with E-state index in [4.69, 9.17) is 4.74 Å². The Labute approximate surface area is 184 Å². The maximum atomic E-state index is 5.50. The summed E-state index contributed by atoms with van der Waals surface area (Å²) in [5.41, 5.74) is 2.44. The predicted molar refractivity (Wildman–Crippen MR) is 125 cm³/mol. The van der Waals surface area contributed by atoms with E-state index >= 15 is 0 Å². The molecule has 2 aromatic rings. The molecule has 1 aliphatic heterocycles. The van der Waals surface area contributed by atoms with Crippen LogP contribution in [0.25, 0.3) is 0 Å². The standard InChI is InChI=1S/C20H30N6O.HI/c1-21-20(22-10-6-7-17-15-23-24(2)16-17)26-13-11-25(12-14-26)18-8-4-5-9-19(18)27-3;/h4-5,8-9,15-16H,6-7,10-14H2,1-3H3,(H,21,22);1H. The number of nitrogens with one attached hydrogen (secondary N) is 1. The van der Waals surface area contributed by atoms with Crippen LogP contribution in [0.4, 0.5) is 5.69 Å². The van der Waals surface area contributed by atoms with Crippen LogP contribution in [0.15, 0.2) is 41.7 Å². The van der Waals surface area contributed by atoms with Gasteiger partial charge in [-0.1, -0.05) is 12.1 Å². The SMILES string of the molecule is CN=C(NCCCc1cnn(C)c1)N1CCN(c2ccccc2OC)CC1.I. The van der Waals surface area contributed by atoms with Crippen molar-refractivity contribution in [3.63, 3.8) is 0 Å². The van der Waals surface area contributed by atoms with Gasteiger partial charge in [-0.3, -0.25) is 9.67 Å². The van der Waals surface area contributed by atoms with Gasteiger partial charge in [-0.05, 0) is 30.5 Å². The summed E-state index contributed by atoms with van der Waals surface area (Å²) < 4.78 is 7.35. The van der Waals surface area contributed by atoms with Crippen molar-refractivity contribution in [2.24, 2.45) is 12.0 Å². The molecule has 0 amide bonds. The van der Waals surface area contributed by atoms with E-state index in [1.165, 1.54) is 11.3 Å². The van der Waals surface area contributed by atoms with Crippen LogP contribution in [0.1, 0.15) is 12.0 Å². The topological polar surface area (TPSA) is 57.9 Å². The number of nitrogens with zero attached hydrogens (tertiary/aromatic N) is 5. The number of rotatable bonds is 6. The molecule has 0 radical (unpaired) electrons. The van der Waals surface area contributed by atoms with E-state index in [0.29, 0.717) is 0 Å².